The van der Waals surface area contributed by atoms with Crippen molar-refractivity contribution in [2.24, 2.45) is 0 Å². The normalized spacial score (nSPS) is 27.4. The molecule has 7 heteroatoms. The molecule has 1 spiro atoms. The maximum absolute atomic E-state index is 13.8. The highest BCUT2D eigenvalue weighted by Crippen LogP contribution is 2.45. The predicted molar refractivity (Wildman–Crippen MR) is 76.2 cm³/mol. The number of pyridine rings is 1. The van der Waals surface area contributed by atoms with Crippen LogP contribution < -0.4 is 4.74 Å². The lowest BCUT2D eigenvalue weighted by Crippen LogP contribution is -2.68. The van der Waals surface area contributed by atoms with Gasteiger partial charge in [0.05, 0.1) is 19.7 Å². The standard InChI is InChI=1S/C16H18F2N2O3/c17-12-2-1-6-19-13(12)23-11-3-7-22-15(8-11)9-20(10-15)14(21)16(18)4-5-16/h1-2,6,11H,3-5,7-10H2/t11-/m1/s1. The molecule has 1 saturated carbocycles. The van der Waals surface area contributed by atoms with Gasteiger partial charge in [-0.3, -0.25) is 4.79 Å². The summed E-state index contributed by atoms with van der Waals surface area (Å²) in [6.45, 7) is 1.23. The topological polar surface area (TPSA) is 51.7 Å². The second-order valence-electron chi connectivity index (χ2n) is 6.68. The summed E-state index contributed by atoms with van der Waals surface area (Å²) in [7, 11) is 0. The summed E-state index contributed by atoms with van der Waals surface area (Å²) in [6, 6.07) is 2.81. The number of ether oxygens (including phenoxy) is 2. The lowest BCUT2D eigenvalue weighted by Gasteiger charge is -2.53. The maximum atomic E-state index is 13.8. The van der Waals surface area contributed by atoms with Crippen LogP contribution in [0.3, 0.4) is 0 Å². The van der Waals surface area contributed by atoms with Crippen molar-refractivity contribution < 1.29 is 23.0 Å². The molecule has 0 unspecified atom stereocenters. The second kappa shape index (κ2) is 5.12. The van der Waals surface area contributed by atoms with Crippen molar-refractivity contribution in [2.75, 3.05) is 19.7 Å². The molecule has 0 bridgehead atoms. The summed E-state index contributed by atoms with van der Waals surface area (Å²) < 4.78 is 38.9. The van der Waals surface area contributed by atoms with E-state index in [4.69, 9.17) is 9.47 Å². The van der Waals surface area contributed by atoms with Gasteiger partial charge in [-0.25, -0.2) is 13.8 Å². The highest BCUT2D eigenvalue weighted by Gasteiger charge is 2.58. The number of aromatic nitrogens is 1. The summed E-state index contributed by atoms with van der Waals surface area (Å²) >= 11 is 0. The fourth-order valence-electron chi connectivity index (χ4n) is 3.32. The third-order valence-corrected chi connectivity index (χ3v) is 4.77. The minimum Gasteiger partial charge on any atom is -0.472 e. The van der Waals surface area contributed by atoms with Crippen LogP contribution in [0.4, 0.5) is 8.78 Å². The quantitative estimate of drug-likeness (QED) is 0.852. The molecule has 0 N–H and O–H groups in total. The van der Waals surface area contributed by atoms with Gasteiger partial charge in [0, 0.05) is 19.0 Å². The molecule has 2 saturated heterocycles. The highest BCUT2D eigenvalue weighted by molar-refractivity contribution is 5.88. The van der Waals surface area contributed by atoms with E-state index in [1.54, 1.807) is 0 Å². The first kappa shape index (κ1) is 14.8. The number of amides is 1. The van der Waals surface area contributed by atoms with E-state index in [0.717, 1.165) is 0 Å². The molecule has 4 rings (SSSR count). The van der Waals surface area contributed by atoms with Crippen molar-refractivity contribution >= 4 is 5.91 Å². The van der Waals surface area contributed by atoms with E-state index in [1.807, 2.05) is 0 Å². The zero-order valence-electron chi connectivity index (χ0n) is 12.6. The minimum atomic E-state index is -1.64. The first-order valence-corrected chi connectivity index (χ1v) is 7.89. The molecule has 1 aromatic heterocycles. The van der Waals surface area contributed by atoms with Crippen LogP contribution in [0.2, 0.25) is 0 Å². The van der Waals surface area contributed by atoms with Crippen LogP contribution in [0, 0.1) is 5.82 Å². The molecule has 0 radical (unpaired) electrons. The number of hydrogen-bond donors (Lipinski definition) is 0. The average molecular weight is 324 g/mol. The Balaban J connectivity index is 1.37. The first-order valence-electron chi connectivity index (χ1n) is 7.89. The molecule has 1 aliphatic carbocycles. The van der Waals surface area contributed by atoms with Crippen molar-refractivity contribution in [3.8, 4) is 5.88 Å². The van der Waals surface area contributed by atoms with E-state index in [0.29, 0.717) is 45.4 Å². The molecular weight excluding hydrogens is 306 g/mol. The fourth-order valence-corrected chi connectivity index (χ4v) is 3.32. The van der Waals surface area contributed by atoms with Gasteiger partial charge in [0.2, 0.25) is 0 Å². The van der Waals surface area contributed by atoms with Crippen molar-refractivity contribution in [2.45, 2.75) is 43.1 Å². The molecular formula is C16H18F2N2O3. The van der Waals surface area contributed by atoms with Gasteiger partial charge in [-0.15, -0.1) is 0 Å². The van der Waals surface area contributed by atoms with Crippen LogP contribution in [0.5, 0.6) is 5.88 Å². The molecule has 124 valence electrons. The molecule has 23 heavy (non-hydrogen) atoms. The number of carbonyl (C=O) groups excluding carboxylic acids is 1. The lowest BCUT2D eigenvalue weighted by atomic mass is 9.84. The Bertz CT molecular complexity index is 630. The summed E-state index contributed by atoms with van der Waals surface area (Å²) in [5.41, 5.74) is -2.13. The van der Waals surface area contributed by atoms with Crippen LogP contribution in [-0.2, 0) is 9.53 Å². The Morgan fingerprint density at radius 1 is 1.43 bits per heavy atom. The van der Waals surface area contributed by atoms with Crippen LogP contribution >= 0.6 is 0 Å². The molecule has 1 aromatic rings. The van der Waals surface area contributed by atoms with Crippen molar-refractivity contribution in [3.05, 3.63) is 24.1 Å². The van der Waals surface area contributed by atoms with Crippen molar-refractivity contribution in [3.63, 3.8) is 0 Å². The van der Waals surface area contributed by atoms with Crippen LogP contribution in [-0.4, -0.2) is 52.9 Å². The molecule has 2 aliphatic heterocycles. The third-order valence-electron chi connectivity index (χ3n) is 4.77. The number of nitrogens with zero attached hydrogens (tertiary/aromatic N) is 2. The number of rotatable bonds is 3. The maximum Gasteiger partial charge on any atom is 0.260 e. The number of likely N-dealkylation sites (tertiary alicyclic amines) is 1. The Morgan fingerprint density at radius 3 is 2.91 bits per heavy atom. The van der Waals surface area contributed by atoms with Gasteiger partial charge in [0.25, 0.3) is 11.8 Å². The van der Waals surface area contributed by atoms with Crippen LogP contribution in [0.25, 0.3) is 0 Å². The van der Waals surface area contributed by atoms with E-state index in [1.165, 1.54) is 23.2 Å². The molecule has 1 atom stereocenters. The van der Waals surface area contributed by atoms with Crippen molar-refractivity contribution in [1.82, 2.24) is 9.88 Å². The Morgan fingerprint density at radius 2 is 2.22 bits per heavy atom. The van der Waals surface area contributed by atoms with Gasteiger partial charge in [0.1, 0.15) is 11.7 Å². The number of halogens is 2. The van der Waals surface area contributed by atoms with E-state index >= 15 is 0 Å². The summed E-state index contributed by atoms with van der Waals surface area (Å²) in [5.74, 6) is -0.931. The number of hydrogen-bond acceptors (Lipinski definition) is 4. The Labute approximate surface area is 132 Å². The zero-order valence-corrected chi connectivity index (χ0v) is 12.6. The second-order valence-corrected chi connectivity index (χ2v) is 6.68. The Kier molecular flexibility index (Phi) is 3.30. The highest BCUT2D eigenvalue weighted by atomic mass is 19.1. The van der Waals surface area contributed by atoms with E-state index in [-0.39, 0.29) is 12.0 Å². The Hall–Kier alpha value is -1.76. The van der Waals surface area contributed by atoms with Crippen LogP contribution in [0.1, 0.15) is 25.7 Å². The molecule has 1 amide bonds. The monoisotopic (exact) mass is 324 g/mol. The summed E-state index contributed by atoms with van der Waals surface area (Å²) in [4.78, 5) is 17.4. The molecule has 3 fully saturated rings. The fraction of sp³-hybridized carbons (Fsp3) is 0.625. The van der Waals surface area contributed by atoms with Gasteiger partial charge in [0.15, 0.2) is 11.5 Å². The SMILES string of the molecule is O=C(N1CC2(C[C@H](Oc3ncccc3F)CCO2)C1)C1(F)CC1. The smallest absolute Gasteiger partial charge is 0.260 e. The summed E-state index contributed by atoms with van der Waals surface area (Å²) in [5, 5.41) is 0. The first-order chi connectivity index (χ1) is 11.0. The van der Waals surface area contributed by atoms with E-state index in [2.05, 4.69) is 4.98 Å². The van der Waals surface area contributed by atoms with Gasteiger partial charge < -0.3 is 14.4 Å². The number of alkyl halides is 1. The molecule has 3 aliphatic rings. The van der Waals surface area contributed by atoms with Crippen LogP contribution in [0.15, 0.2) is 18.3 Å². The van der Waals surface area contributed by atoms with E-state index < -0.39 is 23.0 Å². The summed E-state index contributed by atoms with van der Waals surface area (Å²) in [6.07, 6.45) is 3.09. The predicted octanol–water partition coefficient (Wildman–Crippen LogP) is 1.86. The van der Waals surface area contributed by atoms with E-state index in [9.17, 15) is 13.6 Å². The van der Waals surface area contributed by atoms with Gasteiger partial charge in [-0.05, 0) is 25.0 Å². The zero-order chi connectivity index (χ0) is 16.1. The minimum absolute atomic E-state index is 0.0116. The molecule has 0 aromatic carbocycles. The third kappa shape index (κ3) is 2.67. The van der Waals surface area contributed by atoms with Gasteiger partial charge >= 0.3 is 0 Å². The molecule has 5 nitrogen and oxygen atoms in total. The average Bonchev–Trinajstić information content (AvgIpc) is 3.26. The largest absolute Gasteiger partial charge is 0.472 e. The molecule has 3 heterocycles. The lowest BCUT2D eigenvalue weighted by molar-refractivity contribution is -0.197. The van der Waals surface area contributed by atoms with Crippen molar-refractivity contribution in [1.29, 1.82) is 0 Å². The van der Waals surface area contributed by atoms with Gasteiger partial charge in [-0.2, -0.15) is 0 Å². The number of carbonyl (C=O) groups is 1. The van der Waals surface area contributed by atoms with Gasteiger partial charge in [-0.1, -0.05) is 0 Å².